The number of anilines is 1. The summed E-state index contributed by atoms with van der Waals surface area (Å²) in [6, 6.07) is 6.21. The van der Waals surface area contributed by atoms with E-state index in [0.29, 0.717) is 33.3 Å². The maximum atomic E-state index is 14.3. The van der Waals surface area contributed by atoms with Crippen LogP contribution in [0.25, 0.3) is 11.2 Å². The van der Waals surface area contributed by atoms with Gasteiger partial charge in [-0.2, -0.15) is 4.98 Å². The minimum absolute atomic E-state index is 0.218. The van der Waals surface area contributed by atoms with Gasteiger partial charge < -0.3 is 34.4 Å². The van der Waals surface area contributed by atoms with Crippen LogP contribution in [0.1, 0.15) is 11.6 Å². The molecule has 6 rings (SSSR count). The number of H-pyrrole nitrogens is 1. The number of aliphatic hydroxyl groups is 1. The molecule has 11 heteroatoms. The Morgan fingerprint density at radius 3 is 2.97 bits per heavy atom. The van der Waals surface area contributed by atoms with E-state index in [4.69, 9.17) is 30.5 Å². The number of halogens is 2. The first kappa shape index (κ1) is 19.1. The molecule has 5 atom stereocenters. The van der Waals surface area contributed by atoms with Crippen LogP contribution in [0.15, 0.2) is 24.3 Å². The smallest absolute Gasteiger partial charge is 0.296 e. The second-order valence-electron chi connectivity index (χ2n) is 7.71. The molecule has 3 aromatic rings. The van der Waals surface area contributed by atoms with Gasteiger partial charge in [0.1, 0.15) is 42.3 Å². The number of hydrogen-bond acceptors (Lipinski definition) is 8. The van der Waals surface area contributed by atoms with Crippen LogP contribution in [0.5, 0.6) is 11.8 Å². The second kappa shape index (κ2) is 7.20. The molecule has 2 saturated heterocycles. The van der Waals surface area contributed by atoms with Crippen LogP contribution in [-0.2, 0) is 9.47 Å². The predicted octanol–water partition coefficient (Wildman–Crippen LogP) is 2.20. The Morgan fingerprint density at radius 1 is 1.19 bits per heavy atom. The molecule has 2 aromatic heterocycles. The minimum atomic E-state index is -0.655. The number of benzene rings is 1. The highest BCUT2D eigenvalue weighted by Gasteiger charge is 2.48. The lowest BCUT2D eigenvalue weighted by molar-refractivity contribution is 0.00706. The maximum absolute atomic E-state index is 14.3. The summed E-state index contributed by atoms with van der Waals surface area (Å²) in [6.07, 6.45) is -1.80. The Labute approximate surface area is 180 Å². The maximum Gasteiger partial charge on any atom is 0.296 e. The fourth-order valence-electron chi connectivity index (χ4n) is 4.26. The number of imidazole rings is 1. The highest BCUT2D eigenvalue weighted by atomic mass is 35.5. The number of fused-ring (bicyclic) bond motifs is 3. The van der Waals surface area contributed by atoms with Crippen molar-refractivity contribution in [3.05, 3.63) is 40.7 Å². The van der Waals surface area contributed by atoms with Gasteiger partial charge in [0.25, 0.3) is 6.01 Å². The molecule has 1 unspecified atom stereocenters. The Balaban J connectivity index is 1.24. The molecule has 162 valence electrons. The molecule has 31 heavy (non-hydrogen) atoms. The van der Waals surface area contributed by atoms with Crippen molar-refractivity contribution in [2.75, 3.05) is 25.1 Å². The molecular weight excluding hydrogens is 431 g/mol. The summed E-state index contributed by atoms with van der Waals surface area (Å²) in [5.74, 6) is 0.515. The summed E-state index contributed by atoms with van der Waals surface area (Å²) >= 11 is 6.40. The van der Waals surface area contributed by atoms with Gasteiger partial charge in [-0.05, 0) is 18.2 Å². The van der Waals surface area contributed by atoms with Gasteiger partial charge >= 0.3 is 0 Å². The third kappa shape index (κ3) is 3.18. The van der Waals surface area contributed by atoms with E-state index in [1.807, 2.05) is 0 Å². The van der Waals surface area contributed by atoms with Crippen molar-refractivity contribution in [1.82, 2.24) is 15.0 Å². The second-order valence-corrected chi connectivity index (χ2v) is 8.12. The minimum Gasteiger partial charge on any atom is -0.491 e. The summed E-state index contributed by atoms with van der Waals surface area (Å²) in [4.78, 5) is 11.9. The lowest BCUT2D eigenvalue weighted by Crippen LogP contribution is -2.34. The number of nitrogens with one attached hydrogen (secondary N) is 2. The standard InChI is InChI=1S/C20H18ClFN4O5/c21-8-4-10-19(25-18(8)23-11-5-28-13-3-1-2-9(22)15(11)13)26-20(24-10)31-14-7-30-16-12(27)6-29-17(14)16/h1-4,11-12,14,16-17,27H,5-7H2,(H2,23,24,25,26)/t11-,12+,14+,16?,17+/m0/s1. The first-order valence-corrected chi connectivity index (χ1v) is 10.3. The van der Waals surface area contributed by atoms with Crippen LogP contribution < -0.4 is 14.8 Å². The van der Waals surface area contributed by atoms with E-state index in [1.165, 1.54) is 6.07 Å². The van der Waals surface area contributed by atoms with Crippen molar-refractivity contribution in [1.29, 1.82) is 0 Å². The largest absolute Gasteiger partial charge is 0.491 e. The molecule has 1 aromatic carbocycles. The highest BCUT2D eigenvalue weighted by Crippen LogP contribution is 2.38. The van der Waals surface area contributed by atoms with Crippen LogP contribution in [0.2, 0.25) is 5.02 Å². The average Bonchev–Trinajstić information content (AvgIpc) is 3.50. The van der Waals surface area contributed by atoms with E-state index in [0.717, 1.165) is 0 Å². The van der Waals surface area contributed by atoms with Crippen molar-refractivity contribution >= 4 is 28.6 Å². The van der Waals surface area contributed by atoms with Gasteiger partial charge in [0.2, 0.25) is 0 Å². The lowest BCUT2D eigenvalue weighted by Gasteiger charge is -2.15. The number of aromatic amines is 1. The molecule has 9 nitrogen and oxygen atoms in total. The number of rotatable bonds is 4. The molecule has 3 N–H and O–H groups in total. The topological polar surface area (TPSA) is 111 Å². The molecule has 0 spiro atoms. The molecule has 0 saturated carbocycles. The summed E-state index contributed by atoms with van der Waals surface area (Å²) in [7, 11) is 0. The summed E-state index contributed by atoms with van der Waals surface area (Å²) in [6.45, 7) is 0.768. The Bertz CT molecular complexity index is 1160. The van der Waals surface area contributed by atoms with Gasteiger partial charge in [0, 0.05) is 0 Å². The van der Waals surface area contributed by atoms with E-state index in [1.54, 1.807) is 18.2 Å². The van der Waals surface area contributed by atoms with Crippen molar-refractivity contribution in [2.45, 2.75) is 30.5 Å². The number of aromatic nitrogens is 3. The third-order valence-corrected chi connectivity index (χ3v) is 6.02. The zero-order valence-corrected chi connectivity index (χ0v) is 16.8. The van der Waals surface area contributed by atoms with Gasteiger partial charge in [-0.1, -0.05) is 17.7 Å². The predicted molar refractivity (Wildman–Crippen MR) is 107 cm³/mol. The molecule has 0 aliphatic carbocycles. The molecule has 0 radical (unpaired) electrons. The first-order valence-electron chi connectivity index (χ1n) is 9.89. The Morgan fingerprint density at radius 2 is 2.06 bits per heavy atom. The number of nitrogens with zero attached hydrogens (tertiary/aromatic N) is 2. The van der Waals surface area contributed by atoms with E-state index < -0.39 is 24.4 Å². The summed E-state index contributed by atoms with van der Waals surface area (Å²) in [5, 5.41) is 13.4. The summed E-state index contributed by atoms with van der Waals surface area (Å²) < 4.78 is 36.9. The number of aliphatic hydroxyl groups excluding tert-OH is 1. The van der Waals surface area contributed by atoms with E-state index >= 15 is 0 Å². The lowest BCUT2D eigenvalue weighted by atomic mass is 10.1. The molecule has 3 aliphatic rings. The van der Waals surface area contributed by atoms with Crippen molar-refractivity contribution in [3.8, 4) is 11.8 Å². The SMILES string of the molecule is O[C@@H]1CO[C@H]2C1OC[C@H]2Oc1nc2nc(N[C@H]3COc4cccc(F)c43)c(Cl)cc2[nH]1. The van der Waals surface area contributed by atoms with Crippen LogP contribution in [-0.4, -0.2) is 64.3 Å². The molecule has 2 fully saturated rings. The third-order valence-electron chi connectivity index (χ3n) is 5.73. The van der Waals surface area contributed by atoms with Crippen LogP contribution in [0.4, 0.5) is 10.2 Å². The van der Waals surface area contributed by atoms with E-state index in [9.17, 15) is 9.50 Å². The molecule has 3 aliphatic heterocycles. The number of pyridine rings is 1. The van der Waals surface area contributed by atoms with Crippen molar-refractivity contribution in [2.24, 2.45) is 0 Å². The Hall–Kier alpha value is -2.66. The molecule has 5 heterocycles. The molecule has 0 amide bonds. The van der Waals surface area contributed by atoms with Gasteiger partial charge in [-0.25, -0.2) is 9.37 Å². The number of ether oxygens (including phenoxy) is 4. The summed E-state index contributed by atoms with van der Waals surface area (Å²) in [5.41, 5.74) is 1.42. The number of hydrogen-bond donors (Lipinski definition) is 3. The van der Waals surface area contributed by atoms with Crippen molar-refractivity contribution in [3.63, 3.8) is 0 Å². The van der Waals surface area contributed by atoms with Crippen LogP contribution in [0, 0.1) is 5.82 Å². The first-order chi connectivity index (χ1) is 15.1. The van der Waals surface area contributed by atoms with Crippen molar-refractivity contribution < 1.29 is 28.4 Å². The van der Waals surface area contributed by atoms with Gasteiger partial charge in [-0.3, -0.25) is 0 Å². The average molecular weight is 449 g/mol. The fourth-order valence-corrected chi connectivity index (χ4v) is 4.46. The van der Waals surface area contributed by atoms with Crippen LogP contribution in [0.3, 0.4) is 0 Å². The molecular formula is C20H18ClFN4O5. The monoisotopic (exact) mass is 448 g/mol. The Kier molecular flexibility index (Phi) is 4.42. The van der Waals surface area contributed by atoms with Gasteiger partial charge in [-0.15, -0.1) is 0 Å². The van der Waals surface area contributed by atoms with Gasteiger partial charge in [0.05, 0.1) is 35.4 Å². The highest BCUT2D eigenvalue weighted by molar-refractivity contribution is 6.33. The zero-order valence-electron chi connectivity index (χ0n) is 16.0. The van der Waals surface area contributed by atoms with Crippen LogP contribution >= 0.6 is 11.6 Å². The zero-order chi connectivity index (χ0) is 21.1. The fraction of sp³-hybridized carbons (Fsp3) is 0.400. The quantitative estimate of drug-likeness (QED) is 0.557. The van der Waals surface area contributed by atoms with Gasteiger partial charge in [0.15, 0.2) is 11.8 Å². The van der Waals surface area contributed by atoms with E-state index in [-0.39, 0.29) is 37.8 Å². The normalized spacial score (nSPS) is 29.1. The molecule has 0 bridgehead atoms. The van der Waals surface area contributed by atoms with E-state index in [2.05, 4.69) is 20.3 Å².